The largest absolute Gasteiger partial charge is 0.334 e. The van der Waals surface area contributed by atoms with E-state index >= 15 is 0 Å². The van der Waals surface area contributed by atoms with Gasteiger partial charge >= 0.3 is 6.03 Å². The number of sulfonamides is 1. The van der Waals surface area contributed by atoms with Crippen molar-refractivity contribution in [1.82, 2.24) is 19.8 Å². The second-order valence-corrected chi connectivity index (χ2v) is 9.28. The Balaban J connectivity index is 1.48. The summed E-state index contributed by atoms with van der Waals surface area (Å²) in [5.74, 6) is 0. The van der Waals surface area contributed by atoms with Crippen molar-refractivity contribution in [3.63, 3.8) is 0 Å². The van der Waals surface area contributed by atoms with Gasteiger partial charge in [-0.1, -0.05) is 18.2 Å². The number of nitrogens with one attached hydrogen (secondary N) is 2. The first kappa shape index (κ1) is 19.8. The summed E-state index contributed by atoms with van der Waals surface area (Å²) in [6.45, 7) is 4.29. The standard InChI is InChI=1S/C18H24N4O3S2/c1-19-27(24,25)17-6-2-4-15(12-17)13-20-18(23)22-9-7-21(8-10-22)14-16-5-3-11-26-16/h2-6,11-12,19H,7-10,13-14H2,1H3,(H,20,23). The van der Waals surface area contributed by atoms with Gasteiger partial charge in [-0.05, 0) is 36.2 Å². The summed E-state index contributed by atoms with van der Waals surface area (Å²) >= 11 is 1.75. The number of piperazine rings is 1. The van der Waals surface area contributed by atoms with Crippen molar-refractivity contribution in [2.24, 2.45) is 0 Å². The minimum atomic E-state index is -3.49. The third kappa shape index (κ3) is 5.29. The van der Waals surface area contributed by atoms with Crippen molar-refractivity contribution in [2.45, 2.75) is 18.0 Å². The van der Waals surface area contributed by atoms with Crippen LogP contribution in [0.15, 0.2) is 46.7 Å². The lowest BCUT2D eigenvalue weighted by molar-refractivity contribution is 0.135. The van der Waals surface area contributed by atoms with E-state index < -0.39 is 10.0 Å². The van der Waals surface area contributed by atoms with Gasteiger partial charge in [-0.25, -0.2) is 17.9 Å². The number of carbonyl (C=O) groups is 1. The topological polar surface area (TPSA) is 81.8 Å². The van der Waals surface area contributed by atoms with Gasteiger partial charge in [0.05, 0.1) is 4.90 Å². The maximum absolute atomic E-state index is 12.4. The van der Waals surface area contributed by atoms with E-state index in [2.05, 4.69) is 32.5 Å². The first-order valence-corrected chi connectivity index (χ1v) is 11.1. The predicted molar refractivity (Wildman–Crippen MR) is 106 cm³/mol. The Morgan fingerprint density at radius 2 is 1.93 bits per heavy atom. The number of benzene rings is 1. The molecule has 3 rings (SSSR count). The average molecular weight is 409 g/mol. The average Bonchev–Trinajstić information content (AvgIpc) is 3.20. The maximum Gasteiger partial charge on any atom is 0.317 e. The molecule has 1 fully saturated rings. The molecule has 2 aromatic rings. The van der Waals surface area contributed by atoms with Crippen LogP contribution in [-0.4, -0.2) is 57.5 Å². The van der Waals surface area contributed by atoms with Crippen LogP contribution < -0.4 is 10.0 Å². The highest BCUT2D eigenvalue weighted by molar-refractivity contribution is 7.89. The minimum absolute atomic E-state index is 0.118. The number of carbonyl (C=O) groups excluding carboxylic acids is 1. The second-order valence-electron chi connectivity index (χ2n) is 6.36. The van der Waals surface area contributed by atoms with Gasteiger partial charge in [0.15, 0.2) is 0 Å². The van der Waals surface area contributed by atoms with Gasteiger partial charge in [-0.2, -0.15) is 0 Å². The molecule has 0 atom stereocenters. The fourth-order valence-corrected chi connectivity index (χ4v) is 4.51. The highest BCUT2D eigenvalue weighted by Crippen LogP contribution is 2.14. The number of rotatable bonds is 6. The molecule has 0 spiro atoms. The Morgan fingerprint density at radius 1 is 1.15 bits per heavy atom. The lowest BCUT2D eigenvalue weighted by atomic mass is 10.2. The van der Waals surface area contributed by atoms with Gasteiger partial charge in [0.2, 0.25) is 10.0 Å². The lowest BCUT2D eigenvalue weighted by Crippen LogP contribution is -2.51. The molecule has 0 radical (unpaired) electrons. The van der Waals surface area contributed by atoms with Gasteiger partial charge in [0.1, 0.15) is 0 Å². The molecule has 2 amide bonds. The second kappa shape index (κ2) is 8.83. The third-order valence-corrected chi connectivity index (χ3v) is 6.81. The van der Waals surface area contributed by atoms with E-state index in [1.807, 2.05) is 0 Å². The molecular formula is C18H24N4O3S2. The van der Waals surface area contributed by atoms with Gasteiger partial charge in [0, 0.05) is 44.1 Å². The van der Waals surface area contributed by atoms with Crippen LogP contribution in [0, 0.1) is 0 Å². The summed E-state index contributed by atoms with van der Waals surface area (Å²) in [7, 11) is -2.11. The summed E-state index contributed by atoms with van der Waals surface area (Å²) in [5.41, 5.74) is 0.746. The van der Waals surface area contributed by atoms with E-state index in [9.17, 15) is 13.2 Å². The lowest BCUT2D eigenvalue weighted by Gasteiger charge is -2.34. The number of hydrogen-bond donors (Lipinski definition) is 2. The Bertz CT molecular complexity index is 860. The van der Waals surface area contributed by atoms with Crippen LogP contribution in [0.5, 0.6) is 0 Å². The summed E-state index contributed by atoms with van der Waals surface area (Å²) in [4.78, 5) is 18.1. The molecule has 2 heterocycles. The first-order chi connectivity index (χ1) is 13.0. The summed E-state index contributed by atoms with van der Waals surface area (Å²) in [6.07, 6.45) is 0. The number of thiophene rings is 1. The summed E-state index contributed by atoms with van der Waals surface area (Å²) < 4.78 is 26.0. The molecule has 9 heteroatoms. The normalized spacial score (nSPS) is 15.7. The van der Waals surface area contributed by atoms with Gasteiger partial charge in [-0.15, -0.1) is 11.3 Å². The Morgan fingerprint density at radius 3 is 2.59 bits per heavy atom. The van der Waals surface area contributed by atoms with E-state index in [1.54, 1.807) is 34.4 Å². The van der Waals surface area contributed by atoms with E-state index in [0.29, 0.717) is 19.6 Å². The Hall–Kier alpha value is -1.94. The first-order valence-electron chi connectivity index (χ1n) is 8.78. The molecule has 0 saturated carbocycles. The van der Waals surface area contributed by atoms with Crippen LogP contribution in [0.4, 0.5) is 4.79 Å². The zero-order valence-corrected chi connectivity index (χ0v) is 16.9. The van der Waals surface area contributed by atoms with E-state index in [-0.39, 0.29) is 10.9 Å². The van der Waals surface area contributed by atoms with E-state index in [1.165, 1.54) is 18.0 Å². The number of urea groups is 1. The van der Waals surface area contributed by atoms with Gasteiger partial charge in [-0.3, -0.25) is 4.90 Å². The van der Waals surface area contributed by atoms with Crippen LogP contribution >= 0.6 is 11.3 Å². The molecule has 7 nitrogen and oxygen atoms in total. The fraction of sp³-hybridized carbons (Fsp3) is 0.389. The van der Waals surface area contributed by atoms with E-state index in [0.717, 1.165) is 25.2 Å². The van der Waals surface area contributed by atoms with Gasteiger partial charge < -0.3 is 10.2 Å². The van der Waals surface area contributed by atoms with Gasteiger partial charge in [0.25, 0.3) is 0 Å². The monoisotopic (exact) mass is 408 g/mol. The highest BCUT2D eigenvalue weighted by atomic mass is 32.2. The van der Waals surface area contributed by atoms with Crippen LogP contribution in [0.3, 0.4) is 0 Å². The van der Waals surface area contributed by atoms with Crippen molar-refractivity contribution in [3.8, 4) is 0 Å². The Kier molecular flexibility index (Phi) is 6.48. The van der Waals surface area contributed by atoms with Crippen molar-refractivity contribution in [2.75, 3.05) is 33.2 Å². The summed E-state index contributed by atoms with van der Waals surface area (Å²) in [6, 6.07) is 10.7. The van der Waals surface area contributed by atoms with Crippen molar-refractivity contribution >= 4 is 27.4 Å². The van der Waals surface area contributed by atoms with Crippen molar-refractivity contribution in [3.05, 3.63) is 52.2 Å². The van der Waals surface area contributed by atoms with Crippen LogP contribution in [-0.2, 0) is 23.1 Å². The highest BCUT2D eigenvalue weighted by Gasteiger charge is 2.21. The maximum atomic E-state index is 12.4. The molecular weight excluding hydrogens is 384 g/mol. The fourth-order valence-electron chi connectivity index (χ4n) is 2.96. The molecule has 146 valence electrons. The van der Waals surface area contributed by atoms with Crippen LogP contribution in [0.1, 0.15) is 10.4 Å². The molecule has 1 aromatic carbocycles. The molecule has 27 heavy (non-hydrogen) atoms. The molecule has 0 aliphatic carbocycles. The summed E-state index contributed by atoms with van der Waals surface area (Å²) in [5, 5.41) is 4.96. The van der Waals surface area contributed by atoms with Crippen LogP contribution in [0.25, 0.3) is 0 Å². The number of hydrogen-bond acceptors (Lipinski definition) is 5. The molecule has 1 saturated heterocycles. The molecule has 0 bridgehead atoms. The van der Waals surface area contributed by atoms with Crippen molar-refractivity contribution < 1.29 is 13.2 Å². The zero-order valence-electron chi connectivity index (χ0n) is 15.2. The molecule has 0 unspecified atom stereocenters. The van der Waals surface area contributed by atoms with Crippen LogP contribution in [0.2, 0.25) is 0 Å². The van der Waals surface area contributed by atoms with Crippen molar-refractivity contribution in [1.29, 1.82) is 0 Å². The molecule has 1 aromatic heterocycles. The molecule has 1 aliphatic rings. The minimum Gasteiger partial charge on any atom is -0.334 e. The third-order valence-electron chi connectivity index (χ3n) is 4.54. The quantitative estimate of drug-likeness (QED) is 0.762. The molecule has 2 N–H and O–H groups in total. The SMILES string of the molecule is CNS(=O)(=O)c1cccc(CNC(=O)N2CCN(Cc3cccs3)CC2)c1. The number of amides is 2. The number of nitrogens with zero attached hydrogens (tertiary/aromatic N) is 2. The zero-order chi connectivity index (χ0) is 19.3. The predicted octanol–water partition coefficient (Wildman–Crippen LogP) is 1.68. The van der Waals surface area contributed by atoms with E-state index in [4.69, 9.17) is 0 Å². The smallest absolute Gasteiger partial charge is 0.317 e. The Labute approximate surface area is 164 Å². The molecule has 1 aliphatic heterocycles.